The summed E-state index contributed by atoms with van der Waals surface area (Å²) in [5, 5.41) is 9.28. The largest absolute Gasteiger partial charge is 0.456 e. The maximum absolute atomic E-state index is 6.71. The van der Waals surface area contributed by atoms with Gasteiger partial charge in [0.25, 0.3) is 0 Å². The molecule has 0 fully saturated rings. The van der Waals surface area contributed by atoms with Crippen LogP contribution in [0.1, 0.15) is 0 Å². The molecular weight excluding hydrogens is 647 g/mol. The quantitative estimate of drug-likeness (QED) is 0.182. The first-order chi connectivity index (χ1) is 26.2. The minimum atomic E-state index is 0.873. The van der Waals surface area contributed by atoms with E-state index < -0.39 is 0 Å². The molecule has 0 saturated carbocycles. The molecule has 0 aliphatic carbocycles. The van der Waals surface area contributed by atoms with Gasteiger partial charge in [-0.15, -0.1) is 0 Å². The van der Waals surface area contributed by atoms with Crippen molar-refractivity contribution in [3.63, 3.8) is 0 Å². The minimum Gasteiger partial charge on any atom is -0.456 e. The fourth-order valence-corrected chi connectivity index (χ4v) is 8.05. The van der Waals surface area contributed by atoms with Gasteiger partial charge in [0.2, 0.25) is 0 Å². The van der Waals surface area contributed by atoms with Crippen molar-refractivity contribution in [3.8, 4) is 22.3 Å². The van der Waals surface area contributed by atoms with E-state index in [9.17, 15) is 0 Å². The van der Waals surface area contributed by atoms with Crippen LogP contribution in [-0.2, 0) is 0 Å². The van der Waals surface area contributed by atoms with Gasteiger partial charge in [0.1, 0.15) is 22.3 Å². The first-order valence-corrected chi connectivity index (χ1v) is 18.0. The summed E-state index contributed by atoms with van der Waals surface area (Å²) in [6.45, 7) is 0. The number of para-hydroxylation sites is 2. The van der Waals surface area contributed by atoms with Gasteiger partial charge in [-0.05, 0) is 105 Å². The van der Waals surface area contributed by atoms with Crippen molar-refractivity contribution < 1.29 is 8.83 Å². The maximum Gasteiger partial charge on any atom is 0.143 e. The van der Waals surface area contributed by atoms with E-state index in [0.717, 1.165) is 77.5 Å². The van der Waals surface area contributed by atoms with Gasteiger partial charge in [0.15, 0.2) is 0 Å². The fraction of sp³-hybridized carbons (Fsp3) is 0. The Balaban J connectivity index is 0.994. The van der Waals surface area contributed by atoms with Crippen LogP contribution in [0.4, 0.5) is 17.1 Å². The predicted octanol–water partition coefficient (Wildman–Crippen LogP) is 14.6. The van der Waals surface area contributed by atoms with Gasteiger partial charge in [-0.3, -0.25) is 0 Å². The molecule has 0 spiro atoms. The highest BCUT2D eigenvalue weighted by Gasteiger charge is 2.18. The number of anilines is 3. The summed E-state index contributed by atoms with van der Waals surface area (Å²) in [6.07, 6.45) is 0. The Morgan fingerprint density at radius 3 is 1.77 bits per heavy atom. The van der Waals surface area contributed by atoms with Crippen LogP contribution in [0.2, 0.25) is 0 Å². The van der Waals surface area contributed by atoms with Crippen LogP contribution in [0.15, 0.2) is 197 Å². The van der Waals surface area contributed by atoms with E-state index >= 15 is 0 Å². The van der Waals surface area contributed by atoms with E-state index in [4.69, 9.17) is 8.83 Å². The molecule has 11 aromatic rings. The molecule has 2 heterocycles. The molecule has 3 nitrogen and oxygen atoms in total. The van der Waals surface area contributed by atoms with E-state index in [2.05, 4.69) is 181 Å². The number of rotatable bonds is 5. The molecule has 0 aliphatic rings. The van der Waals surface area contributed by atoms with Crippen LogP contribution in [0, 0.1) is 0 Å². The maximum atomic E-state index is 6.71. The third-order valence-corrected chi connectivity index (χ3v) is 10.6. The lowest BCUT2D eigenvalue weighted by molar-refractivity contribution is 0.669. The third kappa shape index (κ3) is 4.82. The number of hydrogen-bond donors (Lipinski definition) is 0. The monoisotopic (exact) mass is 677 g/mol. The normalized spacial score (nSPS) is 11.8. The SMILES string of the molecule is c1ccc(N(c2ccc(-c3ccc4c(c3)oc3c5ccccc5c(-c5ccc6ccccc6c5)cc43)cc2)c2ccc3c(c2)oc2ccccc23)cc1. The molecule has 9 aromatic carbocycles. The van der Waals surface area contributed by atoms with Crippen molar-refractivity contribution in [1.82, 2.24) is 0 Å². The third-order valence-electron chi connectivity index (χ3n) is 10.6. The summed E-state index contributed by atoms with van der Waals surface area (Å²) in [4.78, 5) is 2.27. The summed E-state index contributed by atoms with van der Waals surface area (Å²) in [7, 11) is 0. The van der Waals surface area contributed by atoms with Crippen LogP contribution >= 0.6 is 0 Å². The second-order valence-electron chi connectivity index (χ2n) is 13.7. The number of nitrogens with zero attached hydrogens (tertiary/aromatic N) is 1. The molecule has 0 amide bonds. The van der Waals surface area contributed by atoms with Gasteiger partial charge >= 0.3 is 0 Å². The standard InChI is InChI=1S/C50H31NO2/c1-2-12-37(13-3-1)51(39-25-27-42-41-15-8-9-17-47(41)52-49(42)30-39)38-23-20-33(21-24-38)35-22-26-43-46-31-45(36-19-18-32-10-4-5-11-34(32)28-36)40-14-6-7-16-44(40)50(46)53-48(43)29-35/h1-31H. The van der Waals surface area contributed by atoms with Crippen molar-refractivity contribution >= 4 is 82.5 Å². The van der Waals surface area contributed by atoms with Crippen LogP contribution < -0.4 is 4.90 Å². The first kappa shape index (κ1) is 29.6. The first-order valence-electron chi connectivity index (χ1n) is 18.0. The molecule has 0 saturated heterocycles. The van der Waals surface area contributed by atoms with E-state index in [-0.39, 0.29) is 0 Å². The molecule has 2 aromatic heterocycles. The van der Waals surface area contributed by atoms with Crippen LogP contribution in [0.3, 0.4) is 0 Å². The van der Waals surface area contributed by atoms with Gasteiger partial charge < -0.3 is 13.7 Å². The lowest BCUT2D eigenvalue weighted by Gasteiger charge is -2.25. The second-order valence-corrected chi connectivity index (χ2v) is 13.7. The van der Waals surface area contributed by atoms with E-state index in [1.807, 2.05) is 12.1 Å². The molecule has 0 aliphatic heterocycles. The Bertz CT molecular complexity index is 3170. The number of benzene rings is 9. The molecular formula is C50H31NO2. The van der Waals surface area contributed by atoms with Crippen LogP contribution in [0.5, 0.6) is 0 Å². The zero-order chi connectivity index (χ0) is 34.9. The van der Waals surface area contributed by atoms with Crippen LogP contribution in [-0.4, -0.2) is 0 Å². The molecule has 0 unspecified atom stereocenters. The van der Waals surface area contributed by atoms with Crippen molar-refractivity contribution in [2.45, 2.75) is 0 Å². The summed E-state index contributed by atoms with van der Waals surface area (Å²) >= 11 is 0. The number of furan rings is 2. The van der Waals surface area contributed by atoms with Crippen molar-refractivity contribution in [2.24, 2.45) is 0 Å². The average molecular weight is 678 g/mol. The Morgan fingerprint density at radius 2 is 0.906 bits per heavy atom. The lowest BCUT2D eigenvalue weighted by Crippen LogP contribution is -2.09. The summed E-state index contributed by atoms with van der Waals surface area (Å²) in [5.41, 5.74) is 11.4. The Morgan fingerprint density at radius 1 is 0.302 bits per heavy atom. The van der Waals surface area contributed by atoms with E-state index in [1.54, 1.807) is 0 Å². The predicted molar refractivity (Wildman–Crippen MR) is 222 cm³/mol. The number of fused-ring (bicyclic) bond motifs is 9. The topological polar surface area (TPSA) is 29.5 Å². The Labute approximate surface area is 305 Å². The van der Waals surface area contributed by atoms with E-state index in [0.29, 0.717) is 0 Å². The summed E-state index contributed by atoms with van der Waals surface area (Å²) < 4.78 is 13.0. The molecule has 0 bridgehead atoms. The molecule has 0 radical (unpaired) electrons. The van der Waals surface area contributed by atoms with Gasteiger partial charge in [-0.2, -0.15) is 0 Å². The van der Waals surface area contributed by atoms with Crippen LogP contribution in [0.25, 0.3) is 87.7 Å². The van der Waals surface area contributed by atoms with Gasteiger partial charge in [-0.25, -0.2) is 0 Å². The fourth-order valence-electron chi connectivity index (χ4n) is 8.05. The Kier molecular flexibility index (Phi) is 6.55. The zero-order valence-corrected chi connectivity index (χ0v) is 28.7. The minimum absolute atomic E-state index is 0.873. The van der Waals surface area contributed by atoms with Gasteiger partial charge in [-0.1, -0.05) is 115 Å². The molecule has 0 N–H and O–H groups in total. The van der Waals surface area contributed by atoms with Gasteiger partial charge in [0.05, 0.1) is 0 Å². The van der Waals surface area contributed by atoms with Gasteiger partial charge in [0, 0.05) is 50.1 Å². The molecule has 11 rings (SSSR count). The molecule has 53 heavy (non-hydrogen) atoms. The molecule has 0 atom stereocenters. The second kappa shape index (κ2) is 11.7. The van der Waals surface area contributed by atoms with Crippen molar-refractivity contribution in [1.29, 1.82) is 0 Å². The Hall–Kier alpha value is -7.10. The average Bonchev–Trinajstić information content (AvgIpc) is 3.79. The number of hydrogen-bond acceptors (Lipinski definition) is 3. The van der Waals surface area contributed by atoms with Crippen molar-refractivity contribution in [2.75, 3.05) is 4.90 Å². The highest BCUT2D eigenvalue weighted by molar-refractivity contribution is 6.19. The highest BCUT2D eigenvalue weighted by Crippen LogP contribution is 2.42. The highest BCUT2D eigenvalue weighted by atomic mass is 16.3. The lowest BCUT2D eigenvalue weighted by atomic mass is 9.94. The van der Waals surface area contributed by atoms with Crippen molar-refractivity contribution in [3.05, 3.63) is 188 Å². The summed E-state index contributed by atoms with van der Waals surface area (Å²) in [5.74, 6) is 0. The summed E-state index contributed by atoms with van der Waals surface area (Å²) in [6, 6.07) is 66.7. The molecule has 248 valence electrons. The van der Waals surface area contributed by atoms with E-state index in [1.165, 1.54) is 27.3 Å². The zero-order valence-electron chi connectivity index (χ0n) is 28.7. The smallest absolute Gasteiger partial charge is 0.143 e. The molecule has 3 heteroatoms.